The molecule has 0 aliphatic heterocycles. The highest BCUT2D eigenvalue weighted by molar-refractivity contribution is 5.82. The predicted octanol–water partition coefficient (Wildman–Crippen LogP) is 6.16. The van der Waals surface area contributed by atoms with Crippen molar-refractivity contribution in [2.75, 3.05) is 14.2 Å². The zero-order valence-electron chi connectivity index (χ0n) is 21.6. The van der Waals surface area contributed by atoms with Crippen LogP contribution in [0.25, 0.3) is 6.08 Å². The van der Waals surface area contributed by atoms with Crippen LogP contribution in [0, 0.1) is 0 Å². The second-order valence-corrected chi connectivity index (χ2v) is 8.94. The summed E-state index contributed by atoms with van der Waals surface area (Å²) in [6.07, 6.45) is -2.59. The maximum atomic E-state index is 14.4. The number of hydrogen-bond donors (Lipinski definition) is 2. The molecule has 0 spiro atoms. The molecule has 0 aliphatic rings. The second-order valence-electron chi connectivity index (χ2n) is 8.94. The fourth-order valence-electron chi connectivity index (χ4n) is 4.15. The van der Waals surface area contributed by atoms with Crippen LogP contribution in [0.4, 0.5) is 13.2 Å². The van der Waals surface area contributed by atoms with E-state index in [2.05, 4.69) is 0 Å². The van der Waals surface area contributed by atoms with Gasteiger partial charge in [0.15, 0.2) is 0 Å². The van der Waals surface area contributed by atoms with E-state index in [0.717, 1.165) is 18.2 Å². The van der Waals surface area contributed by atoms with E-state index in [9.17, 15) is 28.2 Å². The zero-order valence-corrected chi connectivity index (χ0v) is 21.6. The monoisotopic (exact) mass is 544 g/mol. The summed E-state index contributed by atoms with van der Waals surface area (Å²) in [6, 6.07) is 19.5. The summed E-state index contributed by atoms with van der Waals surface area (Å²) in [4.78, 5) is 13.3. The van der Waals surface area contributed by atoms with Gasteiger partial charge in [0.1, 0.15) is 17.6 Å². The van der Waals surface area contributed by atoms with Crippen molar-refractivity contribution in [3.05, 3.63) is 102 Å². The minimum Gasteiger partial charge on any atom is -0.508 e. The van der Waals surface area contributed by atoms with Crippen molar-refractivity contribution in [3.8, 4) is 11.5 Å². The summed E-state index contributed by atoms with van der Waals surface area (Å²) < 4.78 is 59.2. The third-order valence-corrected chi connectivity index (χ3v) is 6.33. The number of halogens is 3. The lowest BCUT2D eigenvalue weighted by Gasteiger charge is -2.34. The topological polar surface area (TPSA) is 85.2 Å². The van der Waals surface area contributed by atoms with Crippen LogP contribution in [0.3, 0.4) is 0 Å². The van der Waals surface area contributed by atoms with Crippen LogP contribution in [0.5, 0.6) is 11.5 Å². The molecular weight excluding hydrogens is 513 g/mol. The van der Waals surface area contributed by atoms with Gasteiger partial charge in [-0.15, -0.1) is 0 Å². The Kier molecular flexibility index (Phi) is 10.1. The number of benzene rings is 3. The van der Waals surface area contributed by atoms with Crippen molar-refractivity contribution in [1.29, 1.82) is 0 Å². The minimum atomic E-state index is -5.10. The lowest BCUT2D eigenvalue weighted by molar-refractivity contribution is -0.278. The minimum absolute atomic E-state index is 0.0708. The number of aryl methyl sites for hydroxylation is 1. The van der Waals surface area contributed by atoms with Crippen LogP contribution >= 0.6 is 0 Å². The molecule has 0 aliphatic carbocycles. The molecule has 208 valence electrons. The number of esters is 1. The second kappa shape index (κ2) is 13.3. The lowest BCUT2D eigenvalue weighted by atomic mass is 9.92. The Balaban J connectivity index is 1.88. The summed E-state index contributed by atoms with van der Waals surface area (Å²) in [5.41, 5.74) is -2.13. The molecule has 0 aromatic heterocycles. The first-order chi connectivity index (χ1) is 18.6. The number of carbonyl (C=O) groups is 1. The Labute approximate surface area is 225 Å². The summed E-state index contributed by atoms with van der Waals surface area (Å²) in [7, 11) is 2.27. The molecule has 2 N–H and O–H groups in total. The maximum Gasteiger partial charge on any atom is 0.432 e. The van der Waals surface area contributed by atoms with Gasteiger partial charge in [0.25, 0.3) is 5.60 Å². The van der Waals surface area contributed by atoms with E-state index in [-0.39, 0.29) is 24.3 Å². The molecular formula is C30H31F3O6. The highest BCUT2D eigenvalue weighted by Crippen LogP contribution is 2.43. The standard InChI is InChI=1S/C30H31F3O6/c1-37-26(18-12-21-8-14-24(34)15-9-21)20-27(19-13-22-10-16-25(35)17-11-22)39-28(36)29(38-2,30(31,32)33)23-6-4-3-5-7-23/h3-12,14-18,26-27,34-35H,13,19-20H2,1-2H3/b18-12+/t26-,27-,29+/m0/s1. The smallest absolute Gasteiger partial charge is 0.432 e. The normalized spacial score (nSPS) is 15.0. The quantitative estimate of drug-likeness (QED) is 0.266. The fraction of sp³-hybridized carbons (Fsp3) is 0.300. The molecule has 0 saturated heterocycles. The largest absolute Gasteiger partial charge is 0.508 e. The summed E-state index contributed by atoms with van der Waals surface area (Å²) in [6.45, 7) is 0. The van der Waals surface area contributed by atoms with Crippen molar-refractivity contribution in [3.63, 3.8) is 0 Å². The molecule has 0 radical (unpaired) electrons. The first-order valence-corrected chi connectivity index (χ1v) is 12.3. The molecule has 39 heavy (non-hydrogen) atoms. The molecule has 3 rings (SSSR count). The van der Waals surface area contributed by atoms with Crippen LogP contribution in [-0.4, -0.2) is 48.8 Å². The van der Waals surface area contributed by atoms with Gasteiger partial charge >= 0.3 is 12.1 Å². The molecule has 0 saturated carbocycles. The van der Waals surface area contributed by atoms with Crippen LogP contribution < -0.4 is 0 Å². The molecule has 6 nitrogen and oxygen atoms in total. The van der Waals surface area contributed by atoms with Gasteiger partial charge < -0.3 is 24.4 Å². The maximum absolute atomic E-state index is 14.4. The average molecular weight is 545 g/mol. The summed E-state index contributed by atoms with van der Waals surface area (Å²) >= 11 is 0. The van der Waals surface area contributed by atoms with Crippen LogP contribution in [0.15, 0.2) is 84.9 Å². The van der Waals surface area contributed by atoms with E-state index < -0.39 is 35.5 Å². The van der Waals surface area contributed by atoms with Gasteiger partial charge in [0.2, 0.25) is 0 Å². The number of phenolic OH excluding ortho intramolecular Hbond substituents is 2. The van der Waals surface area contributed by atoms with Crippen molar-refractivity contribution in [2.45, 2.75) is 43.2 Å². The molecule has 3 aromatic rings. The van der Waals surface area contributed by atoms with Gasteiger partial charge in [-0.05, 0) is 48.2 Å². The zero-order chi connectivity index (χ0) is 28.5. The van der Waals surface area contributed by atoms with E-state index in [1.54, 1.807) is 36.4 Å². The van der Waals surface area contributed by atoms with Gasteiger partial charge in [-0.2, -0.15) is 13.2 Å². The van der Waals surface area contributed by atoms with Gasteiger partial charge in [-0.25, -0.2) is 4.79 Å². The van der Waals surface area contributed by atoms with E-state index in [1.807, 2.05) is 0 Å². The van der Waals surface area contributed by atoms with Crippen molar-refractivity contribution in [2.24, 2.45) is 0 Å². The van der Waals surface area contributed by atoms with Crippen LogP contribution in [0.1, 0.15) is 29.5 Å². The third kappa shape index (κ3) is 7.61. The van der Waals surface area contributed by atoms with Gasteiger partial charge in [0.05, 0.1) is 6.10 Å². The number of aromatic hydroxyl groups is 2. The third-order valence-electron chi connectivity index (χ3n) is 6.33. The number of carbonyl (C=O) groups excluding carboxylic acids is 1. The Morgan fingerprint density at radius 1 is 0.897 bits per heavy atom. The Morgan fingerprint density at radius 2 is 1.49 bits per heavy atom. The van der Waals surface area contributed by atoms with Crippen molar-refractivity contribution in [1.82, 2.24) is 0 Å². The average Bonchev–Trinajstić information content (AvgIpc) is 2.91. The van der Waals surface area contributed by atoms with E-state index in [0.29, 0.717) is 6.42 Å². The van der Waals surface area contributed by atoms with E-state index in [4.69, 9.17) is 14.2 Å². The number of rotatable bonds is 12. The number of hydrogen-bond acceptors (Lipinski definition) is 6. The van der Waals surface area contributed by atoms with Gasteiger partial charge in [-0.1, -0.05) is 66.7 Å². The van der Waals surface area contributed by atoms with E-state index >= 15 is 0 Å². The number of ether oxygens (including phenoxy) is 3. The number of alkyl halides is 3. The highest BCUT2D eigenvalue weighted by atomic mass is 19.4. The van der Waals surface area contributed by atoms with E-state index in [1.165, 1.54) is 61.7 Å². The Hall–Kier alpha value is -3.82. The van der Waals surface area contributed by atoms with Crippen molar-refractivity contribution >= 4 is 12.0 Å². The first kappa shape index (κ1) is 29.7. The van der Waals surface area contributed by atoms with Gasteiger partial charge in [-0.3, -0.25) is 0 Å². The molecule has 3 atom stereocenters. The number of phenols is 2. The predicted molar refractivity (Wildman–Crippen MR) is 140 cm³/mol. The van der Waals surface area contributed by atoms with Crippen LogP contribution in [0.2, 0.25) is 0 Å². The molecule has 9 heteroatoms. The van der Waals surface area contributed by atoms with Gasteiger partial charge in [0, 0.05) is 26.2 Å². The lowest BCUT2D eigenvalue weighted by Crippen LogP contribution is -2.52. The summed E-state index contributed by atoms with van der Waals surface area (Å²) in [5, 5.41) is 19.0. The molecule has 0 heterocycles. The molecule has 0 fully saturated rings. The molecule has 0 amide bonds. The Morgan fingerprint density at radius 3 is 2.03 bits per heavy atom. The highest BCUT2D eigenvalue weighted by Gasteiger charge is 2.64. The molecule has 3 aromatic carbocycles. The van der Waals surface area contributed by atoms with Crippen molar-refractivity contribution < 1.29 is 42.4 Å². The van der Waals surface area contributed by atoms with Crippen LogP contribution in [-0.2, 0) is 31.0 Å². The molecule has 0 unspecified atom stereocenters. The summed E-state index contributed by atoms with van der Waals surface area (Å²) in [5.74, 6) is -1.38. The fourth-order valence-corrected chi connectivity index (χ4v) is 4.15. The Bertz CT molecular complexity index is 1210. The SMILES string of the molecule is CO[C@@H](/C=C/c1ccc(O)cc1)C[C@H](CCc1ccc(O)cc1)OC(=O)[C@](OC)(c1ccccc1)C(F)(F)F. The molecule has 0 bridgehead atoms. The first-order valence-electron chi connectivity index (χ1n) is 12.3. The number of methoxy groups -OCH3 is 2.